The van der Waals surface area contributed by atoms with Crippen LogP contribution in [0.3, 0.4) is 0 Å². The Morgan fingerprint density at radius 2 is 1.12 bits per heavy atom. The van der Waals surface area contributed by atoms with E-state index in [1.165, 1.54) is 25.7 Å². The molecule has 0 radical (unpaired) electrons. The summed E-state index contributed by atoms with van der Waals surface area (Å²) in [5.41, 5.74) is 0. The molecule has 0 amide bonds. The maximum Gasteiger partial charge on any atom is 0.449 e. The zero-order chi connectivity index (χ0) is 19.5. The summed E-state index contributed by atoms with van der Waals surface area (Å²) in [5, 5.41) is 0. The fraction of sp³-hybridized carbons (Fsp3) is 0.591. The summed E-state index contributed by atoms with van der Waals surface area (Å²) in [6, 6.07) is 0. The first-order valence-corrected chi connectivity index (χ1v) is 9.68. The minimum atomic E-state index is -4.68. The SMILES string of the molecule is CCCCC/C=C\C/C=C\C/C=C\C/C=C\CCCCC(=O)C(F)(F)F. The van der Waals surface area contributed by atoms with Crippen LogP contribution in [0, 0.1) is 0 Å². The van der Waals surface area contributed by atoms with E-state index in [0.717, 1.165) is 19.3 Å². The predicted molar refractivity (Wildman–Crippen MR) is 104 cm³/mol. The first-order valence-electron chi connectivity index (χ1n) is 9.68. The highest BCUT2D eigenvalue weighted by Crippen LogP contribution is 2.19. The van der Waals surface area contributed by atoms with Crippen molar-refractivity contribution < 1.29 is 18.0 Å². The average molecular weight is 370 g/mol. The third-order valence-electron chi connectivity index (χ3n) is 3.80. The lowest BCUT2D eigenvalue weighted by Gasteiger charge is -2.03. The van der Waals surface area contributed by atoms with Crippen LogP contribution in [0.25, 0.3) is 0 Å². The van der Waals surface area contributed by atoms with E-state index >= 15 is 0 Å². The van der Waals surface area contributed by atoms with Gasteiger partial charge in [0.1, 0.15) is 0 Å². The van der Waals surface area contributed by atoms with Gasteiger partial charge in [0.2, 0.25) is 5.78 Å². The molecule has 0 fully saturated rings. The van der Waals surface area contributed by atoms with Crippen molar-refractivity contribution in [1.82, 2.24) is 0 Å². The van der Waals surface area contributed by atoms with Gasteiger partial charge in [-0.15, -0.1) is 0 Å². The molecule has 0 unspecified atom stereocenters. The van der Waals surface area contributed by atoms with Gasteiger partial charge in [-0.1, -0.05) is 68.4 Å². The second-order valence-electron chi connectivity index (χ2n) is 6.26. The van der Waals surface area contributed by atoms with Gasteiger partial charge < -0.3 is 0 Å². The molecule has 0 aliphatic carbocycles. The number of hydrogen-bond acceptors (Lipinski definition) is 1. The molecule has 26 heavy (non-hydrogen) atoms. The normalized spacial score (nSPS) is 13.1. The zero-order valence-electron chi connectivity index (χ0n) is 15.9. The second kappa shape index (κ2) is 16.9. The monoisotopic (exact) mass is 370 g/mol. The van der Waals surface area contributed by atoms with Crippen LogP contribution in [0.5, 0.6) is 0 Å². The molecule has 0 rings (SSSR count). The fourth-order valence-electron chi connectivity index (χ4n) is 2.25. The third-order valence-corrected chi connectivity index (χ3v) is 3.80. The van der Waals surface area contributed by atoms with Gasteiger partial charge in [0.25, 0.3) is 0 Å². The number of alkyl halides is 3. The minimum absolute atomic E-state index is 0.288. The molecular formula is C22H33F3O. The van der Waals surface area contributed by atoms with Crippen LogP contribution >= 0.6 is 0 Å². The molecule has 0 aromatic heterocycles. The molecule has 0 atom stereocenters. The van der Waals surface area contributed by atoms with E-state index in [2.05, 4.69) is 43.4 Å². The van der Waals surface area contributed by atoms with Crippen LogP contribution in [0.15, 0.2) is 48.6 Å². The lowest BCUT2D eigenvalue weighted by atomic mass is 10.1. The zero-order valence-corrected chi connectivity index (χ0v) is 15.9. The molecule has 0 spiro atoms. The van der Waals surface area contributed by atoms with E-state index < -0.39 is 18.4 Å². The van der Waals surface area contributed by atoms with Gasteiger partial charge in [-0.3, -0.25) is 4.79 Å². The number of rotatable bonds is 15. The molecule has 148 valence electrons. The second-order valence-corrected chi connectivity index (χ2v) is 6.26. The van der Waals surface area contributed by atoms with Gasteiger partial charge >= 0.3 is 6.18 Å². The smallest absolute Gasteiger partial charge is 0.290 e. The van der Waals surface area contributed by atoms with Crippen LogP contribution in [-0.4, -0.2) is 12.0 Å². The summed E-state index contributed by atoms with van der Waals surface area (Å²) in [6.07, 6.45) is 21.2. The Morgan fingerprint density at radius 3 is 1.54 bits per heavy atom. The number of ketones is 1. The molecule has 0 aromatic carbocycles. The highest BCUT2D eigenvalue weighted by molar-refractivity contribution is 5.83. The van der Waals surface area contributed by atoms with Gasteiger partial charge in [-0.05, 0) is 51.4 Å². The lowest BCUT2D eigenvalue weighted by Crippen LogP contribution is -2.22. The molecule has 0 N–H and O–H groups in total. The van der Waals surface area contributed by atoms with E-state index in [1.807, 2.05) is 12.2 Å². The maximum atomic E-state index is 12.0. The number of unbranched alkanes of at least 4 members (excludes halogenated alkanes) is 5. The van der Waals surface area contributed by atoms with Crippen LogP contribution in [0.4, 0.5) is 13.2 Å². The molecule has 0 bridgehead atoms. The summed E-state index contributed by atoms with van der Waals surface area (Å²) in [4.78, 5) is 10.7. The number of carbonyl (C=O) groups excluding carboxylic acids is 1. The minimum Gasteiger partial charge on any atom is -0.290 e. The Kier molecular flexibility index (Phi) is 15.8. The molecule has 0 heterocycles. The number of Topliss-reactive ketones (excluding diaryl/α,β-unsaturated/α-hetero) is 1. The van der Waals surface area contributed by atoms with Crippen LogP contribution < -0.4 is 0 Å². The summed E-state index contributed by atoms with van der Waals surface area (Å²) in [5.74, 6) is -1.62. The largest absolute Gasteiger partial charge is 0.449 e. The van der Waals surface area contributed by atoms with Crippen LogP contribution in [0.1, 0.15) is 77.6 Å². The number of carbonyl (C=O) groups is 1. The Labute approximate surface area is 156 Å². The molecule has 0 saturated heterocycles. The lowest BCUT2D eigenvalue weighted by molar-refractivity contribution is -0.171. The van der Waals surface area contributed by atoms with Gasteiger partial charge in [0.15, 0.2) is 0 Å². The predicted octanol–water partition coefficient (Wildman–Crippen LogP) is 7.65. The van der Waals surface area contributed by atoms with Crippen LogP contribution in [0.2, 0.25) is 0 Å². The third kappa shape index (κ3) is 17.2. The molecule has 0 saturated carbocycles. The van der Waals surface area contributed by atoms with Gasteiger partial charge in [0.05, 0.1) is 0 Å². The Morgan fingerprint density at radius 1 is 0.692 bits per heavy atom. The van der Waals surface area contributed by atoms with Crippen molar-refractivity contribution in [2.24, 2.45) is 0 Å². The van der Waals surface area contributed by atoms with E-state index in [4.69, 9.17) is 0 Å². The Bertz CT molecular complexity index is 456. The molecule has 0 aliphatic heterocycles. The van der Waals surface area contributed by atoms with Crippen LogP contribution in [-0.2, 0) is 4.79 Å². The molecule has 4 heteroatoms. The molecule has 1 nitrogen and oxygen atoms in total. The number of hydrogen-bond donors (Lipinski definition) is 0. The number of halogens is 3. The standard InChI is InChI=1S/C22H33F3O/c1-2-3-4-5-6-7-8-9-10-11-12-13-14-15-16-17-18-19-20-21(26)22(23,24)25/h6-7,9-10,12-13,15-16H,2-5,8,11,14,17-20H2,1H3/b7-6-,10-9-,13-12-,16-15-. The highest BCUT2D eigenvalue weighted by atomic mass is 19.4. The summed E-state index contributed by atoms with van der Waals surface area (Å²) in [7, 11) is 0. The first-order chi connectivity index (χ1) is 12.5. The highest BCUT2D eigenvalue weighted by Gasteiger charge is 2.36. The van der Waals surface area contributed by atoms with Gasteiger partial charge in [-0.2, -0.15) is 13.2 Å². The van der Waals surface area contributed by atoms with E-state index in [9.17, 15) is 18.0 Å². The summed E-state index contributed by atoms with van der Waals surface area (Å²) >= 11 is 0. The molecule has 0 aromatic rings. The van der Waals surface area contributed by atoms with Crippen molar-refractivity contribution in [1.29, 1.82) is 0 Å². The van der Waals surface area contributed by atoms with Crippen molar-refractivity contribution in [3.63, 3.8) is 0 Å². The van der Waals surface area contributed by atoms with Gasteiger partial charge in [0, 0.05) is 6.42 Å². The average Bonchev–Trinajstić information content (AvgIpc) is 2.59. The number of allylic oxidation sites excluding steroid dienone is 8. The van der Waals surface area contributed by atoms with E-state index in [-0.39, 0.29) is 6.42 Å². The Balaban J connectivity index is 3.50. The molecule has 0 aliphatic rings. The van der Waals surface area contributed by atoms with Crippen molar-refractivity contribution in [3.8, 4) is 0 Å². The summed E-state index contributed by atoms with van der Waals surface area (Å²) < 4.78 is 36.0. The fourth-order valence-corrected chi connectivity index (χ4v) is 2.25. The first kappa shape index (κ1) is 24.4. The van der Waals surface area contributed by atoms with Crippen molar-refractivity contribution >= 4 is 5.78 Å². The summed E-state index contributed by atoms with van der Waals surface area (Å²) in [6.45, 7) is 2.21. The quantitative estimate of drug-likeness (QED) is 0.214. The van der Waals surface area contributed by atoms with Crippen molar-refractivity contribution in [2.45, 2.75) is 83.7 Å². The topological polar surface area (TPSA) is 17.1 Å². The maximum absolute atomic E-state index is 12.0. The van der Waals surface area contributed by atoms with E-state index in [1.54, 1.807) is 0 Å². The Hall–Kier alpha value is -1.58. The van der Waals surface area contributed by atoms with Crippen molar-refractivity contribution in [2.75, 3.05) is 0 Å². The van der Waals surface area contributed by atoms with E-state index in [0.29, 0.717) is 12.8 Å². The van der Waals surface area contributed by atoms with Crippen molar-refractivity contribution in [3.05, 3.63) is 48.6 Å². The molecular weight excluding hydrogens is 337 g/mol. The van der Waals surface area contributed by atoms with Gasteiger partial charge in [-0.25, -0.2) is 0 Å².